The molecule has 0 spiro atoms. The van der Waals surface area contributed by atoms with Crippen molar-refractivity contribution >= 4 is 11.8 Å². The van der Waals surface area contributed by atoms with Crippen LogP contribution in [0.4, 0.5) is 13.2 Å². The van der Waals surface area contributed by atoms with Crippen molar-refractivity contribution in [2.24, 2.45) is 5.92 Å². The van der Waals surface area contributed by atoms with E-state index in [1.165, 1.54) is 21.9 Å². The predicted molar refractivity (Wildman–Crippen MR) is 88.9 cm³/mol. The Bertz CT molecular complexity index is 649. The van der Waals surface area contributed by atoms with E-state index in [1.807, 2.05) is 6.92 Å². The summed E-state index contributed by atoms with van der Waals surface area (Å²) in [5, 5.41) is 9.05. The van der Waals surface area contributed by atoms with Gasteiger partial charge in [0.25, 0.3) is 0 Å². The molecule has 1 atom stereocenters. The van der Waals surface area contributed by atoms with Gasteiger partial charge in [-0.2, -0.15) is 13.2 Å². The summed E-state index contributed by atoms with van der Waals surface area (Å²) in [4.78, 5) is 27.7. The zero-order valence-electron chi connectivity index (χ0n) is 14.6. The van der Waals surface area contributed by atoms with Gasteiger partial charge in [-0.3, -0.25) is 9.59 Å². The van der Waals surface area contributed by atoms with Crippen molar-refractivity contribution in [2.75, 3.05) is 26.2 Å². The first kappa shape index (κ1) is 20.2. The summed E-state index contributed by atoms with van der Waals surface area (Å²) in [5.41, 5.74) is -0.379. The van der Waals surface area contributed by atoms with E-state index in [9.17, 15) is 22.8 Å². The van der Waals surface area contributed by atoms with Gasteiger partial charge in [0.15, 0.2) is 0 Å². The van der Waals surface area contributed by atoms with E-state index in [0.29, 0.717) is 18.5 Å². The Morgan fingerprint density at radius 2 is 2.12 bits per heavy atom. The van der Waals surface area contributed by atoms with E-state index in [2.05, 4.69) is 0 Å². The molecule has 0 bridgehead atoms. The number of benzene rings is 1. The molecular weight excluding hydrogens is 349 g/mol. The lowest BCUT2D eigenvalue weighted by Crippen LogP contribution is -2.47. The molecule has 1 saturated heterocycles. The quantitative estimate of drug-likeness (QED) is 0.834. The summed E-state index contributed by atoms with van der Waals surface area (Å²) in [6.45, 7) is 2.57. The molecule has 8 heteroatoms. The molecule has 0 radical (unpaired) electrons. The topological polar surface area (TPSA) is 60.9 Å². The molecule has 26 heavy (non-hydrogen) atoms. The third-order valence-corrected chi connectivity index (χ3v) is 4.54. The van der Waals surface area contributed by atoms with Crippen LogP contribution in [0, 0.1) is 5.92 Å². The van der Waals surface area contributed by atoms with Crippen molar-refractivity contribution in [3.63, 3.8) is 0 Å². The number of rotatable bonds is 6. The Morgan fingerprint density at radius 3 is 2.73 bits per heavy atom. The van der Waals surface area contributed by atoms with Crippen LogP contribution in [-0.4, -0.2) is 53.0 Å². The molecule has 1 fully saturated rings. The number of hydrogen-bond donors (Lipinski definition) is 1. The van der Waals surface area contributed by atoms with Gasteiger partial charge in [-0.05, 0) is 31.0 Å². The van der Waals surface area contributed by atoms with Crippen LogP contribution >= 0.6 is 0 Å². The second-order valence-corrected chi connectivity index (χ2v) is 6.35. The van der Waals surface area contributed by atoms with Gasteiger partial charge >= 0.3 is 6.18 Å². The number of aliphatic hydroxyl groups is 1. The van der Waals surface area contributed by atoms with Crippen molar-refractivity contribution in [1.82, 2.24) is 9.80 Å². The zero-order valence-corrected chi connectivity index (χ0v) is 14.6. The fourth-order valence-electron chi connectivity index (χ4n) is 3.14. The molecule has 0 aromatic heterocycles. The second-order valence-electron chi connectivity index (χ2n) is 6.35. The maximum atomic E-state index is 12.8. The van der Waals surface area contributed by atoms with Crippen molar-refractivity contribution in [3.05, 3.63) is 35.4 Å². The molecule has 2 amide bonds. The molecule has 1 aliphatic heterocycles. The molecule has 1 aromatic carbocycles. The van der Waals surface area contributed by atoms with E-state index >= 15 is 0 Å². The lowest BCUT2D eigenvalue weighted by atomic mass is 9.95. The molecule has 2 rings (SSSR count). The number of carbonyl (C=O) groups is 2. The molecular formula is C18H23F3N2O3. The monoisotopic (exact) mass is 372 g/mol. The highest BCUT2D eigenvalue weighted by molar-refractivity contribution is 5.83. The number of likely N-dealkylation sites (N-methyl/N-ethyl adjacent to an activating group) is 1. The standard InChI is InChI=1S/C18H23F3N2O3/c1-2-22(8-9-24)17(26)14-6-7-16(25)23(12-14)11-13-4-3-5-15(10-13)18(19,20)21/h3-5,10,14,24H,2,6-9,11-12H2,1H3/t14-/m1/s1. The van der Waals surface area contributed by atoms with Gasteiger partial charge in [-0.25, -0.2) is 0 Å². The number of amides is 2. The number of alkyl halides is 3. The average Bonchev–Trinajstić information content (AvgIpc) is 2.60. The van der Waals surface area contributed by atoms with Gasteiger partial charge in [0.2, 0.25) is 11.8 Å². The third-order valence-electron chi connectivity index (χ3n) is 4.54. The summed E-state index contributed by atoms with van der Waals surface area (Å²) in [7, 11) is 0. The highest BCUT2D eigenvalue weighted by atomic mass is 19.4. The number of halogens is 3. The van der Waals surface area contributed by atoms with E-state index in [0.717, 1.165) is 12.1 Å². The van der Waals surface area contributed by atoms with Crippen LogP contribution in [0.5, 0.6) is 0 Å². The van der Waals surface area contributed by atoms with Gasteiger partial charge in [-0.1, -0.05) is 12.1 Å². The summed E-state index contributed by atoms with van der Waals surface area (Å²) in [6.07, 6.45) is -3.84. The highest BCUT2D eigenvalue weighted by Gasteiger charge is 2.33. The number of nitrogens with zero attached hydrogens (tertiary/aromatic N) is 2. The highest BCUT2D eigenvalue weighted by Crippen LogP contribution is 2.30. The Labute approximate surface area is 150 Å². The molecule has 1 N–H and O–H groups in total. The summed E-state index contributed by atoms with van der Waals surface area (Å²) in [5.74, 6) is -0.704. The van der Waals surface area contributed by atoms with Gasteiger partial charge < -0.3 is 14.9 Å². The van der Waals surface area contributed by atoms with Gasteiger partial charge in [0.05, 0.1) is 18.1 Å². The number of likely N-dealkylation sites (tertiary alicyclic amines) is 1. The first-order chi connectivity index (χ1) is 12.3. The van der Waals surface area contributed by atoms with Crippen LogP contribution in [0.25, 0.3) is 0 Å². The minimum absolute atomic E-state index is 0.0403. The Hall–Kier alpha value is -2.09. The van der Waals surface area contributed by atoms with E-state index in [1.54, 1.807) is 0 Å². The van der Waals surface area contributed by atoms with Gasteiger partial charge in [0.1, 0.15) is 0 Å². The van der Waals surface area contributed by atoms with Crippen LogP contribution in [0.1, 0.15) is 30.9 Å². The predicted octanol–water partition coefficient (Wildman–Crippen LogP) is 2.28. The fraction of sp³-hybridized carbons (Fsp3) is 0.556. The minimum atomic E-state index is -4.44. The van der Waals surface area contributed by atoms with Gasteiger partial charge in [-0.15, -0.1) is 0 Å². The first-order valence-electron chi connectivity index (χ1n) is 8.59. The SMILES string of the molecule is CCN(CCO)C(=O)[C@@H]1CCC(=O)N(Cc2cccc(C(F)(F)F)c2)C1. The maximum absolute atomic E-state index is 12.8. The molecule has 144 valence electrons. The van der Waals surface area contributed by atoms with E-state index in [-0.39, 0.29) is 44.5 Å². The maximum Gasteiger partial charge on any atom is 0.416 e. The van der Waals surface area contributed by atoms with Crippen molar-refractivity contribution in [2.45, 2.75) is 32.5 Å². The van der Waals surface area contributed by atoms with Crippen molar-refractivity contribution < 1.29 is 27.9 Å². The Kier molecular flexibility index (Phi) is 6.63. The lowest BCUT2D eigenvalue weighted by Gasteiger charge is -2.34. The number of aliphatic hydroxyl groups excluding tert-OH is 1. The Morgan fingerprint density at radius 1 is 1.38 bits per heavy atom. The summed E-state index contributed by atoms with van der Waals surface area (Å²) >= 11 is 0. The number of hydrogen-bond acceptors (Lipinski definition) is 3. The smallest absolute Gasteiger partial charge is 0.395 e. The average molecular weight is 372 g/mol. The first-order valence-corrected chi connectivity index (χ1v) is 8.59. The van der Waals surface area contributed by atoms with Crippen molar-refractivity contribution in [1.29, 1.82) is 0 Å². The number of carbonyl (C=O) groups excluding carboxylic acids is 2. The molecule has 1 heterocycles. The molecule has 1 aliphatic rings. The van der Waals surface area contributed by atoms with Crippen LogP contribution in [0.3, 0.4) is 0 Å². The van der Waals surface area contributed by atoms with Crippen LogP contribution in [0.2, 0.25) is 0 Å². The van der Waals surface area contributed by atoms with Crippen LogP contribution in [0.15, 0.2) is 24.3 Å². The van der Waals surface area contributed by atoms with Crippen molar-refractivity contribution in [3.8, 4) is 0 Å². The Balaban J connectivity index is 2.09. The third kappa shape index (κ3) is 4.97. The van der Waals surface area contributed by atoms with Gasteiger partial charge in [0, 0.05) is 32.6 Å². The molecule has 0 unspecified atom stereocenters. The van der Waals surface area contributed by atoms with E-state index < -0.39 is 17.7 Å². The minimum Gasteiger partial charge on any atom is -0.395 e. The zero-order chi connectivity index (χ0) is 19.3. The normalized spacial score (nSPS) is 18.1. The van der Waals surface area contributed by atoms with E-state index in [4.69, 9.17) is 5.11 Å². The summed E-state index contributed by atoms with van der Waals surface area (Å²) < 4.78 is 38.5. The molecule has 5 nitrogen and oxygen atoms in total. The van der Waals surface area contributed by atoms with Crippen LogP contribution in [-0.2, 0) is 22.3 Å². The molecule has 1 aromatic rings. The second kappa shape index (κ2) is 8.53. The number of piperidine rings is 1. The largest absolute Gasteiger partial charge is 0.416 e. The molecule has 0 aliphatic carbocycles. The van der Waals surface area contributed by atoms with Crippen LogP contribution < -0.4 is 0 Å². The lowest BCUT2D eigenvalue weighted by molar-refractivity contribution is -0.143. The molecule has 0 saturated carbocycles. The fourth-order valence-corrected chi connectivity index (χ4v) is 3.14. The summed E-state index contributed by atoms with van der Waals surface area (Å²) in [6, 6.07) is 4.87.